The van der Waals surface area contributed by atoms with Crippen molar-refractivity contribution >= 4 is 39.2 Å². The summed E-state index contributed by atoms with van der Waals surface area (Å²) in [5.74, 6) is 0.893. The topological polar surface area (TPSA) is 87.2 Å². The predicted molar refractivity (Wildman–Crippen MR) is 123 cm³/mol. The molecular weight excluding hydrogens is 410 g/mol. The molecule has 2 amide bonds. The zero-order chi connectivity index (χ0) is 21.8. The first-order valence-electron chi connectivity index (χ1n) is 10.6. The van der Waals surface area contributed by atoms with E-state index in [2.05, 4.69) is 26.7 Å². The molecule has 0 unspecified atom stereocenters. The fraction of sp³-hybridized carbons (Fsp3) is 0.391. The maximum atomic E-state index is 12.8. The van der Waals surface area contributed by atoms with E-state index in [1.54, 1.807) is 0 Å². The molecular formula is C23H27N5O2S. The molecule has 0 atom stereocenters. The summed E-state index contributed by atoms with van der Waals surface area (Å²) in [4.78, 5) is 36.7. The third-order valence-corrected chi connectivity index (χ3v) is 6.74. The van der Waals surface area contributed by atoms with Crippen molar-refractivity contribution in [1.82, 2.24) is 20.2 Å². The van der Waals surface area contributed by atoms with Crippen molar-refractivity contribution in [2.24, 2.45) is 0 Å². The van der Waals surface area contributed by atoms with Crippen LogP contribution in [0.25, 0.3) is 10.2 Å². The molecule has 0 aliphatic carbocycles. The highest BCUT2D eigenvalue weighted by molar-refractivity contribution is 7.20. The van der Waals surface area contributed by atoms with Gasteiger partial charge in [0.25, 0.3) is 5.91 Å². The molecule has 3 heterocycles. The molecule has 1 aliphatic rings. The summed E-state index contributed by atoms with van der Waals surface area (Å²) in [6.07, 6.45) is 4.01. The van der Waals surface area contributed by atoms with Crippen molar-refractivity contribution in [2.45, 2.75) is 39.7 Å². The van der Waals surface area contributed by atoms with Gasteiger partial charge in [-0.05, 0) is 37.8 Å². The lowest BCUT2D eigenvalue weighted by Crippen LogP contribution is -2.27. The van der Waals surface area contributed by atoms with E-state index in [9.17, 15) is 9.59 Å². The Bertz CT molecular complexity index is 1110. The maximum absolute atomic E-state index is 12.8. The summed E-state index contributed by atoms with van der Waals surface area (Å²) in [5.41, 5.74) is 3.13. The molecule has 162 valence electrons. The molecule has 1 saturated heterocycles. The number of amides is 2. The lowest BCUT2D eigenvalue weighted by atomic mass is 10.1. The van der Waals surface area contributed by atoms with Crippen molar-refractivity contribution in [3.8, 4) is 0 Å². The number of hydrogen-bond acceptors (Lipinski definition) is 6. The van der Waals surface area contributed by atoms with E-state index in [0.717, 1.165) is 53.1 Å². The summed E-state index contributed by atoms with van der Waals surface area (Å²) in [5, 5.41) is 7.28. The van der Waals surface area contributed by atoms with Gasteiger partial charge in [-0.2, -0.15) is 0 Å². The quantitative estimate of drug-likeness (QED) is 0.525. The average Bonchev–Trinajstić information content (AvgIpc) is 3.33. The number of hydrogen-bond donors (Lipinski definition) is 2. The molecule has 1 aromatic carbocycles. The van der Waals surface area contributed by atoms with Gasteiger partial charge in [0.1, 0.15) is 17.0 Å². The molecule has 4 rings (SSSR count). The Hall–Kier alpha value is -3.00. The largest absolute Gasteiger partial charge is 0.369 e. The van der Waals surface area contributed by atoms with Crippen molar-refractivity contribution in [2.75, 3.05) is 25.0 Å². The maximum Gasteiger partial charge on any atom is 0.261 e. The Balaban J connectivity index is 1.41. The van der Waals surface area contributed by atoms with Crippen LogP contribution in [0.2, 0.25) is 0 Å². The number of likely N-dealkylation sites (tertiary alicyclic amines) is 1. The smallest absolute Gasteiger partial charge is 0.261 e. The highest BCUT2D eigenvalue weighted by atomic mass is 32.1. The number of rotatable bonds is 8. The summed E-state index contributed by atoms with van der Waals surface area (Å²) >= 11 is 1.39. The fourth-order valence-electron chi connectivity index (χ4n) is 3.92. The summed E-state index contributed by atoms with van der Waals surface area (Å²) in [6.45, 7) is 6.80. The van der Waals surface area contributed by atoms with Crippen LogP contribution in [-0.2, 0) is 11.3 Å². The van der Waals surface area contributed by atoms with Gasteiger partial charge in [0.15, 0.2) is 0 Å². The van der Waals surface area contributed by atoms with Crippen molar-refractivity contribution in [3.05, 3.63) is 52.2 Å². The normalized spacial score (nSPS) is 13.7. The van der Waals surface area contributed by atoms with Crippen LogP contribution in [0.4, 0.5) is 5.82 Å². The minimum atomic E-state index is -0.0968. The van der Waals surface area contributed by atoms with Gasteiger partial charge < -0.3 is 15.5 Å². The number of fused-ring (bicyclic) bond motifs is 1. The van der Waals surface area contributed by atoms with Gasteiger partial charge in [0.05, 0.1) is 10.3 Å². The van der Waals surface area contributed by atoms with E-state index >= 15 is 0 Å². The molecule has 7 nitrogen and oxygen atoms in total. The van der Waals surface area contributed by atoms with Crippen LogP contribution in [0, 0.1) is 13.8 Å². The van der Waals surface area contributed by atoms with Crippen LogP contribution in [0.3, 0.4) is 0 Å². The molecule has 1 fully saturated rings. The van der Waals surface area contributed by atoms with Crippen LogP contribution >= 0.6 is 11.3 Å². The standard InChI is InChI=1S/C23H27N5O2S/c1-15-6-3-7-17(12-15)13-25-22(30)20-16(2)19-21(26-14-27-23(19)31-20)24-9-5-11-28-10-4-8-18(28)29/h3,6-7,12,14H,4-5,8-11,13H2,1-2H3,(H,25,30)(H,24,26,27). The first-order valence-corrected chi connectivity index (χ1v) is 11.4. The van der Waals surface area contributed by atoms with Gasteiger partial charge in [-0.3, -0.25) is 9.59 Å². The molecule has 0 bridgehead atoms. The van der Waals surface area contributed by atoms with E-state index in [0.29, 0.717) is 24.4 Å². The third kappa shape index (κ3) is 4.85. The Morgan fingerprint density at radius 2 is 2.13 bits per heavy atom. The van der Waals surface area contributed by atoms with E-state index < -0.39 is 0 Å². The highest BCUT2D eigenvalue weighted by Crippen LogP contribution is 2.33. The number of aryl methyl sites for hydroxylation is 2. The highest BCUT2D eigenvalue weighted by Gasteiger charge is 2.20. The summed E-state index contributed by atoms with van der Waals surface area (Å²) < 4.78 is 0. The number of benzene rings is 1. The first-order chi connectivity index (χ1) is 15.0. The van der Waals surface area contributed by atoms with Crippen LogP contribution in [0.1, 0.15) is 45.6 Å². The molecule has 3 aromatic rings. The van der Waals surface area contributed by atoms with Gasteiger partial charge in [-0.15, -0.1) is 11.3 Å². The van der Waals surface area contributed by atoms with Crippen molar-refractivity contribution in [3.63, 3.8) is 0 Å². The number of thiophene rings is 1. The molecule has 1 aliphatic heterocycles. The van der Waals surface area contributed by atoms with E-state index in [1.807, 2.05) is 36.9 Å². The van der Waals surface area contributed by atoms with E-state index in [-0.39, 0.29) is 11.8 Å². The van der Waals surface area contributed by atoms with Crippen LogP contribution in [0.5, 0.6) is 0 Å². The number of nitrogens with one attached hydrogen (secondary N) is 2. The predicted octanol–water partition coefficient (Wildman–Crippen LogP) is 3.66. The van der Waals surface area contributed by atoms with Crippen LogP contribution < -0.4 is 10.6 Å². The second-order valence-electron chi connectivity index (χ2n) is 7.90. The molecule has 31 heavy (non-hydrogen) atoms. The molecule has 0 spiro atoms. The Kier molecular flexibility index (Phi) is 6.46. The van der Waals surface area contributed by atoms with Gasteiger partial charge in [0, 0.05) is 32.6 Å². The molecule has 8 heteroatoms. The van der Waals surface area contributed by atoms with E-state index in [1.165, 1.54) is 23.2 Å². The van der Waals surface area contributed by atoms with Gasteiger partial charge in [-0.1, -0.05) is 29.8 Å². The van der Waals surface area contributed by atoms with Gasteiger partial charge in [-0.25, -0.2) is 9.97 Å². The van der Waals surface area contributed by atoms with Crippen LogP contribution in [-0.4, -0.2) is 46.3 Å². The first kappa shape index (κ1) is 21.2. The number of anilines is 1. The molecule has 0 radical (unpaired) electrons. The average molecular weight is 438 g/mol. The number of carbonyl (C=O) groups is 2. The van der Waals surface area contributed by atoms with Gasteiger partial charge >= 0.3 is 0 Å². The lowest BCUT2D eigenvalue weighted by Gasteiger charge is -2.15. The minimum Gasteiger partial charge on any atom is -0.369 e. The minimum absolute atomic E-state index is 0.0968. The summed E-state index contributed by atoms with van der Waals surface area (Å²) in [6, 6.07) is 8.11. The molecule has 2 aromatic heterocycles. The lowest BCUT2D eigenvalue weighted by molar-refractivity contribution is -0.127. The molecule has 0 saturated carbocycles. The fourth-order valence-corrected chi connectivity index (χ4v) is 4.99. The second-order valence-corrected chi connectivity index (χ2v) is 8.89. The third-order valence-electron chi connectivity index (χ3n) is 5.54. The van der Waals surface area contributed by atoms with E-state index in [4.69, 9.17) is 0 Å². The zero-order valence-electron chi connectivity index (χ0n) is 17.9. The summed E-state index contributed by atoms with van der Waals surface area (Å²) in [7, 11) is 0. The second kappa shape index (κ2) is 9.43. The number of nitrogens with zero attached hydrogens (tertiary/aromatic N) is 3. The van der Waals surface area contributed by atoms with Crippen molar-refractivity contribution < 1.29 is 9.59 Å². The SMILES string of the molecule is Cc1cccc(CNC(=O)c2sc3ncnc(NCCCN4CCCC4=O)c3c2C)c1. The number of carbonyl (C=O) groups excluding carboxylic acids is 2. The number of aromatic nitrogens is 2. The Morgan fingerprint density at radius 1 is 1.26 bits per heavy atom. The monoisotopic (exact) mass is 437 g/mol. The Morgan fingerprint density at radius 3 is 2.90 bits per heavy atom. The van der Waals surface area contributed by atoms with Crippen molar-refractivity contribution in [1.29, 1.82) is 0 Å². The van der Waals surface area contributed by atoms with Gasteiger partial charge in [0.2, 0.25) is 5.91 Å². The zero-order valence-corrected chi connectivity index (χ0v) is 18.7. The molecule has 2 N–H and O–H groups in total. The van der Waals surface area contributed by atoms with Crippen LogP contribution in [0.15, 0.2) is 30.6 Å². The Labute approximate surface area is 185 Å².